The third kappa shape index (κ3) is 4.29. The molecule has 0 aliphatic carbocycles. The number of nitrogens with zero attached hydrogens (tertiary/aromatic N) is 1. The molecule has 0 bridgehead atoms. The van der Waals surface area contributed by atoms with Crippen LogP contribution < -0.4 is 15.3 Å². The molecule has 0 amide bonds. The average molecular weight is 700 g/mol. The first-order chi connectivity index (χ1) is 25.5. The van der Waals surface area contributed by atoms with Crippen LogP contribution in [-0.2, 0) is 0 Å². The number of thiophene rings is 1. The maximum absolute atomic E-state index is 6.37. The van der Waals surface area contributed by atoms with Crippen molar-refractivity contribution in [2.45, 2.75) is 13.1 Å². The molecule has 0 unspecified atom stereocenters. The van der Waals surface area contributed by atoms with Crippen LogP contribution in [0.3, 0.4) is 0 Å². The molecule has 0 saturated heterocycles. The number of furan rings is 1. The molecule has 52 heavy (non-hydrogen) atoms. The summed E-state index contributed by atoms with van der Waals surface area (Å²) in [7, 11) is -2.05. The number of hydrogen-bond acceptors (Lipinski definition) is 3. The quantitative estimate of drug-likeness (QED) is 0.170. The van der Waals surface area contributed by atoms with Gasteiger partial charge in [0.25, 0.3) is 0 Å². The number of hydrogen-bond donors (Lipinski definition) is 0. The first-order valence-electron chi connectivity index (χ1n) is 17.9. The number of benzene rings is 8. The fraction of sp³-hybridized carbons (Fsp3) is 0.0417. The van der Waals surface area contributed by atoms with Crippen molar-refractivity contribution in [2.75, 3.05) is 4.90 Å². The van der Waals surface area contributed by atoms with E-state index >= 15 is 0 Å². The Hall–Kier alpha value is -5.94. The third-order valence-electron chi connectivity index (χ3n) is 11.3. The Labute approximate surface area is 306 Å². The largest absolute Gasteiger partial charge is 0.456 e. The highest BCUT2D eigenvalue weighted by molar-refractivity contribution is 7.25. The van der Waals surface area contributed by atoms with Crippen molar-refractivity contribution >= 4 is 99.7 Å². The van der Waals surface area contributed by atoms with Crippen LogP contribution in [0, 0.1) is 0 Å². The first-order valence-corrected chi connectivity index (χ1v) is 21.7. The van der Waals surface area contributed by atoms with Crippen LogP contribution in [0.5, 0.6) is 0 Å². The molecular formula is C48H33NOSSi. The predicted molar refractivity (Wildman–Crippen MR) is 226 cm³/mol. The normalized spacial score (nSPS) is 13.3. The average Bonchev–Trinajstić information content (AvgIpc) is 3.82. The molecule has 0 atom stereocenters. The van der Waals surface area contributed by atoms with E-state index in [-0.39, 0.29) is 0 Å². The Morgan fingerprint density at radius 1 is 0.481 bits per heavy atom. The molecule has 2 nitrogen and oxygen atoms in total. The molecule has 4 heteroatoms. The van der Waals surface area contributed by atoms with E-state index in [0.29, 0.717) is 0 Å². The molecule has 0 saturated carbocycles. The van der Waals surface area contributed by atoms with Gasteiger partial charge in [0.1, 0.15) is 19.2 Å². The predicted octanol–water partition coefficient (Wildman–Crippen LogP) is 13.0. The zero-order chi connectivity index (χ0) is 34.6. The SMILES string of the molecule is C[Si]1(C)c2cc(N(c3ccc(-c4cccc5ccccc45)cc3)c3ccc4c(c3)sc3ccccc34)ccc2-c2c1ccc1oc3ccccc3c21. The Morgan fingerprint density at radius 2 is 1.17 bits per heavy atom. The van der Waals surface area contributed by atoms with Gasteiger partial charge in [-0.2, -0.15) is 0 Å². The maximum Gasteiger partial charge on any atom is 0.136 e. The minimum absolute atomic E-state index is 0.949. The van der Waals surface area contributed by atoms with Crippen molar-refractivity contribution in [2.24, 2.45) is 0 Å². The van der Waals surface area contributed by atoms with Crippen LogP contribution >= 0.6 is 11.3 Å². The van der Waals surface area contributed by atoms with E-state index in [2.05, 4.69) is 182 Å². The number of para-hydroxylation sites is 1. The lowest BCUT2D eigenvalue weighted by molar-refractivity contribution is 0.669. The van der Waals surface area contributed by atoms with E-state index < -0.39 is 8.07 Å². The summed E-state index contributed by atoms with van der Waals surface area (Å²) < 4.78 is 8.99. The maximum atomic E-state index is 6.37. The second-order valence-corrected chi connectivity index (χ2v) is 19.9. The van der Waals surface area contributed by atoms with Crippen molar-refractivity contribution < 1.29 is 4.42 Å². The van der Waals surface area contributed by atoms with Gasteiger partial charge < -0.3 is 9.32 Å². The number of rotatable bonds is 4. The summed E-state index contributed by atoms with van der Waals surface area (Å²) in [6.07, 6.45) is 0. The molecule has 0 fully saturated rings. The topological polar surface area (TPSA) is 16.4 Å². The molecule has 0 spiro atoms. The van der Waals surface area contributed by atoms with E-state index in [9.17, 15) is 0 Å². The second-order valence-electron chi connectivity index (χ2n) is 14.5. The van der Waals surface area contributed by atoms with E-state index in [1.807, 2.05) is 11.3 Å². The van der Waals surface area contributed by atoms with E-state index in [1.54, 1.807) is 0 Å². The molecule has 11 rings (SSSR count). The summed E-state index contributed by atoms with van der Waals surface area (Å²) in [6, 6.07) is 60.3. The Balaban J connectivity index is 1.10. The van der Waals surface area contributed by atoms with E-state index in [4.69, 9.17) is 4.42 Å². The van der Waals surface area contributed by atoms with Crippen molar-refractivity contribution in [3.05, 3.63) is 164 Å². The van der Waals surface area contributed by atoms with Crippen molar-refractivity contribution in [3.63, 3.8) is 0 Å². The highest BCUT2D eigenvalue weighted by atomic mass is 32.1. The van der Waals surface area contributed by atoms with Gasteiger partial charge in [-0.15, -0.1) is 11.3 Å². The third-order valence-corrected chi connectivity index (χ3v) is 15.9. The van der Waals surface area contributed by atoms with Crippen molar-refractivity contribution in [1.82, 2.24) is 0 Å². The monoisotopic (exact) mass is 699 g/mol. The number of anilines is 3. The fourth-order valence-electron chi connectivity index (χ4n) is 8.74. The summed E-state index contributed by atoms with van der Waals surface area (Å²) >= 11 is 1.87. The van der Waals surface area contributed by atoms with E-state index in [1.165, 1.54) is 80.0 Å². The van der Waals surface area contributed by atoms with Gasteiger partial charge in [0.05, 0.1) is 0 Å². The van der Waals surface area contributed by atoms with Crippen LogP contribution in [0.2, 0.25) is 13.1 Å². The Kier molecular flexibility index (Phi) is 6.31. The Morgan fingerprint density at radius 3 is 2.06 bits per heavy atom. The summed E-state index contributed by atoms with van der Waals surface area (Å²) in [5.41, 5.74) is 10.6. The van der Waals surface area contributed by atoms with Crippen LogP contribution in [0.1, 0.15) is 0 Å². The summed E-state index contributed by atoms with van der Waals surface area (Å²) in [5, 5.41) is 10.6. The lowest BCUT2D eigenvalue weighted by Crippen LogP contribution is -2.49. The van der Waals surface area contributed by atoms with Crippen LogP contribution in [-0.4, -0.2) is 8.07 Å². The second kappa shape index (κ2) is 11.0. The number of fused-ring (bicyclic) bond motifs is 11. The molecule has 3 heterocycles. The minimum atomic E-state index is -2.05. The van der Waals surface area contributed by atoms with Gasteiger partial charge >= 0.3 is 0 Å². The zero-order valence-corrected chi connectivity index (χ0v) is 30.7. The molecule has 1 aliphatic heterocycles. The molecule has 10 aromatic rings. The molecule has 246 valence electrons. The molecule has 8 aromatic carbocycles. The first kappa shape index (κ1) is 29.8. The van der Waals surface area contributed by atoms with Gasteiger partial charge in [-0.3, -0.25) is 0 Å². The van der Waals surface area contributed by atoms with Gasteiger partial charge in [0, 0.05) is 48.0 Å². The summed E-state index contributed by atoms with van der Waals surface area (Å²) in [5.74, 6) is 0. The van der Waals surface area contributed by atoms with E-state index in [0.717, 1.165) is 22.5 Å². The van der Waals surface area contributed by atoms with Gasteiger partial charge in [0.2, 0.25) is 0 Å². The standard InChI is InChI=1S/C48H33NOSSi/c1-52(2)45-27-26-42-47(39-14-5-7-16-41(39)50-42)48(45)40-25-23-34(29-46(40)52)49(33-22-24-38-37-13-6-8-17-43(37)51-44(38)28-33)32-20-18-31(19-21-32)36-15-9-11-30-10-3-4-12-35(30)36/h3-29H,1-2H3. The van der Waals surface area contributed by atoms with Crippen LogP contribution in [0.4, 0.5) is 17.1 Å². The zero-order valence-electron chi connectivity index (χ0n) is 28.9. The van der Waals surface area contributed by atoms with Crippen molar-refractivity contribution in [1.29, 1.82) is 0 Å². The van der Waals surface area contributed by atoms with Crippen LogP contribution in [0.25, 0.3) is 75.1 Å². The van der Waals surface area contributed by atoms with Crippen molar-refractivity contribution in [3.8, 4) is 22.3 Å². The van der Waals surface area contributed by atoms with Gasteiger partial charge in [-0.05, 0) is 98.0 Å². The summed E-state index contributed by atoms with van der Waals surface area (Å²) in [6.45, 7) is 5.00. The Bertz CT molecular complexity index is 3050. The molecular weight excluding hydrogens is 667 g/mol. The highest BCUT2D eigenvalue weighted by Gasteiger charge is 2.39. The molecule has 0 N–H and O–H groups in total. The highest BCUT2D eigenvalue weighted by Crippen LogP contribution is 2.44. The summed E-state index contributed by atoms with van der Waals surface area (Å²) in [4.78, 5) is 2.45. The lowest BCUT2D eigenvalue weighted by atomic mass is 9.97. The lowest BCUT2D eigenvalue weighted by Gasteiger charge is -2.28. The van der Waals surface area contributed by atoms with Crippen LogP contribution in [0.15, 0.2) is 168 Å². The molecule has 0 radical (unpaired) electrons. The smallest absolute Gasteiger partial charge is 0.136 e. The molecule has 1 aliphatic rings. The van der Waals surface area contributed by atoms with Gasteiger partial charge in [0.15, 0.2) is 0 Å². The van der Waals surface area contributed by atoms with Gasteiger partial charge in [-0.25, -0.2) is 0 Å². The minimum Gasteiger partial charge on any atom is -0.456 e. The van der Waals surface area contributed by atoms with Gasteiger partial charge in [-0.1, -0.05) is 122 Å². The fourth-order valence-corrected chi connectivity index (χ4v) is 12.9. The molecule has 2 aromatic heterocycles.